The number of carbonyl (C=O) groups is 2. The zero-order chi connectivity index (χ0) is 21.1. The van der Waals surface area contributed by atoms with E-state index in [2.05, 4.69) is 15.7 Å². The van der Waals surface area contributed by atoms with E-state index in [9.17, 15) is 18.4 Å². The first kappa shape index (κ1) is 19.8. The summed E-state index contributed by atoms with van der Waals surface area (Å²) in [7, 11) is 0. The molecule has 1 heterocycles. The van der Waals surface area contributed by atoms with E-state index in [0.717, 1.165) is 54.0 Å². The highest BCUT2D eigenvalue weighted by Gasteiger charge is 2.23. The van der Waals surface area contributed by atoms with Crippen molar-refractivity contribution in [2.45, 2.75) is 25.8 Å². The molecule has 1 aliphatic carbocycles. The summed E-state index contributed by atoms with van der Waals surface area (Å²) in [6, 6.07) is 12.5. The number of hydrogen-bond donors (Lipinski definition) is 2. The number of rotatable bonds is 6. The maximum Gasteiger partial charge on any atom is 0.254 e. The number of amides is 2. The van der Waals surface area contributed by atoms with Crippen molar-refractivity contribution in [3.8, 4) is 5.69 Å². The van der Waals surface area contributed by atoms with Crippen molar-refractivity contribution < 1.29 is 18.4 Å². The number of benzene rings is 2. The van der Waals surface area contributed by atoms with Crippen molar-refractivity contribution >= 4 is 11.8 Å². The predicted octanol–water partition coefficient (Wildman–Crippen LogP) is 2.69. The van der Waals surface area contributed by atoms with E-state index in [1.807, 2.05) is 35.0 Å². The van der Waals surface area contributed by atoms with Gasteiger partial charge in [0, 0.05) is 11.8 Å². The molecule has 0 saturated carbocycles. The fraction of sp³-hybridized carbons (Fsp3) is 0.227. The molecular weight excluding hydrogens is 390 g/mol. The van der Waals surface area contributed by atoms with Crippen LogP contribution in [0.15, 0.2) is 48.5 Å². The van der Waals surface area contributed by atoms with Gasteiger partial charge in [-0.1, -0.05) is 18.2 Å². The molecule has 0 aliphatic heterocycles. The van der Waals surface area contributed by atoms with Gasteiger partial charge in [0.05, 0.1) is 30.0 Å². The summed E-state index contributed by atoms with van der Waals surface area (Å²) in [6.45, 7) is -0.0843. The molecule has 0 saturated heterocycles. The largest absolute Gasteiger partial charge is 0.349 e. The minimum Gasteiger partial charge on any atom is -0.349 e. The number of halogens is 2. The third-order valence-electron chi connectivity index (χ3n) is 5.05. The SMILES string of the molecule is O=C(CNC(=O)c1ccc(F)cc1F)NCc1nn(-c2ccccc2)c2c1CCC2. The molecule has 0 fully saturated rings. The molecule has 3 aromatic rings. The van der Waals surface area contributed by atoms with Gasteiger partial charge in [0.1, 0.15) is 11.6 Å². The zero-order valence-electron chi connectivity index (χ0n) is 16.1. The monoisotopic (exact) mass is 410 g/mol. The van der Waals surface area contributed by atoms with Gasteiger partial charge in [0.15, 0.2) is 0 Å². The molecule has 154 valence electrons. The zero-order valence-corrected chi connectivity index (χ0v) is 16.1. The van der Waals surface area contributed by atoms with Crippen molar-refractivity contribution in [1.29, 1.82) is 0 Å². The smallest absolute Gasteiger partial charge is 0.254 e. The van der Waals surface area contributed by atoms with Crippen LogP contribution in [0.3, 0.4) is 0 Å². The van der Waals surface area contributed by atoms with E-state index in [4.69, 9.17) is 0 Å². The molecule has 2 aromatic carbocycles. The normalized spacial score (nSPS) is 12.5. The highest BCUT2D eigenvalue weighted by Crippen LogP contribution is 2.27. The molecule has 0 unspecified atom stereocenters. The van der Waals surface area contributed by atoms with E-state index in [-0.39, 0.29) is 18.7 Å². The molecule has 30 heavy (non-hydrogen) atoms. The third-order valence-corrected chi connectivity index (χ3v) is 5.05. The molecule has 6 nitrogen and oxygen atoms in total. The maximum absolute atomic E-state index is 13.7. The standard InChI is InChI=1S/C22H20F2N4O2/c23-14-9-10-16(18(24)11-14)22(30)26-13-21(29)25-12-19-17-7-4-8-20(17)28(27-19)15-5-2-1-3-6-15/h1-3,5-6,9-11H,4,7-8,12-13H2,(H,25,29)(H,26,30). The lowest BCUT2D eigenvalue weighted by molar-refractivity contribution is -0.120. The molecule has 2 N–H and O–H groups in total. The van der Waals surface area contributed by atoms with E-state index in [0.29, 0.717) is 6.07 Å². The molecular formula is C22H20F2N4O2. The summed E-state index contributed by atoms with van der Waals surface area (Å²) >= 11 is 0. The number of aromatic nitrogens is 2. The van der Waals surface area contributed by atoms with E-state index < -0.39 is 23.4 Å². The Kier molecular flexibility index (Phi) is 5.56. The number of para-hydroxylation sites is 1. The van der Waals surface area contributed by atoms with Gasteiger partial charge in [0.25, 0.3) is 5.91 Å². The van der Waals surface area contributed by atoms with Gasteiger partial charge in [-0.3, -0.25) is 9.59 Å². The van der Waals surface area contributed by atoms with Crippen LogP contribution in [0.2, 0.25) is 0 Å². The summed E-state index contributed by atoms with van der Waals surface area (Å²) in [5.74, 6) is -2.96. The molecule has 0 spiro atoms. The Morgan fingerprint density at radius 2 is 1.83 bits per heavy atom. The summed E-state index contributed by atoms with van der Waals surface area (Å²) in [6.07, 6.45) is 2.89. The number of hydrogen-bond acceptors (Lipinski definition) is 3. The summed E-state index contributed by atoms with van der Waals surface area (Å²) in [5.41, 5.74) is 3.77. The molecule has 0 radical (unpaired) electrons. The fourth-order valence-corrected chi connectivity index (χ4v) is 3.61. The molecule has 8 heteroatoms. The lowest BCUT2D eigenvalue weighted by atomic mass is 10.2. The Hall–Kier alpha value is -3.55. The van der Waals surface area contributed by atoms with Crippen LogP contribution >= 0.6 is 0 Å². The van der Waals surface area contributed by atoms with Gasteiger partial charge in [-0.2, -0.15) is 5.10 Å². The lowest BCUT2D eigenvalue weighted by Gasteiger charge is -2.07. The van der Waals surface area contributed by atoms with Gasteiger partial charge in [-0.25, -0.2) is 13.5 Å². The van der Waals surface area contributed by atoms with E-state index in [1.165, 1.54) is 0 Å². The highest BCUT2D eigenvalue weighted by atomic mass is 19.1. The summed E-state index contributed by atoms with van der Waals surface area (Å²) < 4.78 is 28.5. The highest BCUT2D eigenvalue weighted by molar-refractivity contribution is 5.96. The van der Waals surface area contributed by atoms with Crippen molar-refractivity contribution in [3.05, 3.63) is 82.7 Å². The molecule has 2 amide bonds. The quantitative estimate of drug-likeness (QED) is 0.656. The number of nitrogens with zero attached hydrogens (tertiary/aromatic N) is 2. The minimum absolute atomic E-state index is 0.238. The van der Waals surface area contributed by atoms with Crippen LogP contribution in [0.25, 0.3) is 5.69 Å². The van der Waals surface area contributed by atoms with Gasteiger partial charge >= 0.3 is 0 Å². The van der Waals surface area contributed by atoms with Gasteiger partial charge in [-0.05, 0) is 49.1 Å². The minimum atomic E-state index is -0.977. The fourth-order valence-electron chi connectivity index (χ4n) is 3.61. The van der Waals surface area contributed by atoms with Crippen molar-refractivity contribution in [2.75, 3.05) is 6.54 Å². The molecule has 4 rings (SSSR count). The third kappa shape index (κ3) is 4.07. The maximum atomic E-state index is 13.7. The van der Waals surface area contributed by atoms with Crippen molar-refractivity contribution in [3.63, 3.8) is 0 Å². The Bertz CT molecular complexity index is 1100. The van der Waals surface area contributed by atoms with E-state index >= 15 is 0 Å². The summed E-state index contributed by atoms with van der Waals surface area (Å²) in [4.78, 5) is 24.2. The van der Waals surface area contributed by atoms with Gasteiger partial charge in [0.2, 0.25) is 5.91 Å². The number of carbonyl (C=O) groups excluding carboxylic acids is 2. The predicted molar refractivity (Wildman–Crippen MR) is 106 cm³/mol. The summed E-state index contributed by atoms with van der Waals surface area (Å²) in [5, 5.41) is 9.75. The Balaban J connectivity index is 1.37. The lowest BCUT2D eigenvalue weighted by Crippen LogP contribution is -2.37. The molecule has 0 bridgehead atoms. The first-order chi connectivity index (χ1) is 14.5. The number of fused-ring (bicyclic) bond motifs is 1. The second-order valence-corrected chi connectivity index (χ2v) is 7.06. The average molecular weight is 410 g/mol. The van der Waals surface area contributed by atoms with Crippen molar-refractivity contribution in [1.82, 2.24) is 20.4 Å². The van der Waals surface area contributed by atoms with Gasteiger partial charge in [-0.15, -0.1) is 0 Å². The first-order valence-corrected chi connectivity index (χ1v) is 9.68. The van der Waals surface area contributed by atoms with Crippen LogP contribution in [-0.4, -0.2) is 28.1 Å². The second-order valence-electron chi connectivity index (χ2n) is 7.06. The van der Waals surface area contributed by atoms with Crippen LogP contribution < -0.4 is 10.6 Å². The first-order valence-electron chi connectivity index (χ1n) is 9.68. The Morgan fingerprint density at radius 1 is 1.03 bits per heavy atom. The molecule has 1 aliphatic rings. The molecule has 0 atom stereocenters. The van der Waals surface area contributed by atoms with Crippen LogP contribution in [-0.2, 0) is 24.2 Å². The van der Waals surface area contributed by atoms with Crippen LogP contribution in [0, 0.1) is 11.6 Å². The average Bonchev–Trinajstić information content (AvgIpc) is 3.34. The van der Waals surface area contributed by atoms with Gasteiger partial charge < -0.3 is 10.6 Å². The van der Waals surface area contributed by atoms with E-state index in [1.54, 1.807) is 0 Å². The Labute approximate surface area is 171 Å². The topological polar surface area (TPSA) is 76.0 Å². The van der Waals surface area contributed by atoms with Crippen LogP contribution in [0.1, 0.15) is 33.7 Å². The molecule has 1 aromatic heterocycles. The van der Waals surface area contributed by atoms with Crippen LogP contribution in [0.5, 0.6) is 0 Å². The number of nitrogens with one attached hydrogen (secondary N) is 2. The Morgan fingerprint density at radius 3 is 2.60 bits per heavy atom. The van der Waals surface area contributed by atoms with Crippen LogP contribution in [0.4, 0.5) is 8.78 Å². The van der Waals surface area contributed by atoms with Crippen molar-refractivity contribution in [2.24, 2.45) is 0 Å². The second kappa shape index (κ2) is 8.44.